The van der Waals surface area contributed by atoms with E-state index in [-0.39, 0.29) is 35.0 Å². The quantitative estimate of drug-likeness (QED) is 0.549. The highest BCUT2D eigenvalue weighted by atomic mass is 16.6. The van der Waals surface area contributed by atoms with Crippen molar-refractivity contribution in [3.05, 3.63) is 33.9 Å². The summed E-state index contributed by atoms with van der Waals surface area (Å²) in [5.74, 6) is -1.22. The molecular weight excluding hydrogens is 276 g/mol. The van der Waals surface area contributed by atoms with Crippen LogP contribution in [0.15, 0.2) is 18.2 Å². The highest BCUT2D eigenvalue weighted by molar-refractivity contribution is 5.89. The molecule has 0 saturated heterocycles. The third-order valence-corrected chi connectivity index (χ3v) is 3.23. The first-order valence-electron chi connectivity index (χ1n) is 6.56. The van der Waals surface area contributed by atoms with Crippen LogP contribution in [0.25, 0.3) is 0 Å². The highest BCUT2D eigenvalue weighted by Crippen LogP contribution is 2.31. The first-order valence-corrected chi connectivity index (χ1v) is 6.56. The molecule has 0 aliphatic carbocycles. The van der Waals surface area contributed by atoms with Gasteiger partial charge in [0, 0.05) is 18.7 Å². The molecule has 0 saturated carbocycles. The van der Waals surface area contributed by atoms with Crippen LogP contribution in [-0.2, 0) is 0 Å². The maximum absolute atomic E-state index is 11.1. The van der Waals surface area contributed by atoms with Crippen molar-refractivity contribution in [1.29, 1.82) is 0 Å². The van der Waals surface area contributed by atoms with Crippen molar-refractivity contribution in [3.63, 3.8) is 0 Å². The number of aliphatic hydroxyl groups is 1. The van der Waals surface area contributed by atoms with Crippen LogP contribution in [0.3, 0.4) is 0 Å². The van der Waals surface area contributed by atoms with E-state index in [1.165, 1.54) is 12.1 Å². The summed E-state index contributed by atoms with van der Waals surface area (Å²) in [6, 6.07) is 3.55. The smallest absolute Gasteiger partial charge is 0.335 e. The molecule has 0 aliphatic heterocycles. The first kappa shape index (κ1) is 16.9. The number of carbonyl (C=O) groups is 1. The van der Waals surface area contributed by atoms with Crippen molar-refractivity contribution < 1.29 is 19.9 Å². The zero-order chi connectivity index (χ0) is 16.2. The van der Waals surface area contributed by atoms with Gasteiger partial charge in [0.2, 0.25) is 0 Å². The fraction of sp³-hybridized carbons (Fsp3) is 0.500. The maximum Gasteiger partial charge on any atom is 0.335 e. The van der Waals surface area contributed by atoms with E-state index in [9.17, 15) is 14.9 Å². The monoisotopic (exact) mass is 296 g/mol. The average Bonchev–Trinajstić information content (AvgIpc) is 2.36. The maximum atomic E-state index is 11.1. The van der Waals surface area contributed by atoms with Crippen molar-refractivity contribution in [2.24, 2.45) is 5.41 Å². The molecule has 0 aliphatic rings. The molecule has 1 rings (SSSR count). The predicted octanol–water partition coefficient (Wildman–Crippen LogP) is 2.50. The van der Waals surface area contributed by atoms with Gasteiger partial charge in [-0.05, 0) is 24.0 Å². The molecule has 21 heavy (non-hydrogen) atoms. The lowest BCUT2D eigenvalue weighted by Crippen LogP contribution is -2.35. The second-order valence-corrected chi connectivity index (χ2v) is 5.87. The molecule has 0 amide bonds. The zero-order valence-electron chi connectivity index (χ0n) is 12.3. The van der Waals surface area contributed by atoms with Crippen LogP contribution in [0.1, 0.15) is 37.6 Å². The van der Waals surface area contributed by atoms with Crippen LogP contribution in [0.4, 0.5) is 11.4 Å². The van der Waals surface area contributed by atoms with Crippen LogP contribution in [-0.4, -0.2) is 33.8 Å². The SMILES string of the molecule is CC(C)(C)C(CCO)Nc1ccc(C(=O)O)cc1[N+](=O)[O-]. The van der Waals surface area contributed by atoms with E-state index in [0.717, 1.165) is 6.07 Å². The Morgan fingerprint density at radius 3 is 2.48 bits per heavy atom. The van der Waals surface area contributed by atoms with E-state index in [0.29, 0.717) is 6.42 Å². The number of nitrogens with zero attached hydrogens (tertiary/aromatic N) is 1. The Morgan fingerprint density at radius 2 is 2.05 bits per heavy atom. The predicted molar refractivity (Wildman–Crippen MR) is 78.6 cm³/mol. The number of hydrogen-bond donors (Lipinski definition) is 3. The lowest BCUT2D eigenvalue weighted by Gasteiger charge is -2.31. The number of carboxylic acid groups (broad SMARTS) is 1. The Labute approximate surface area is 122 Å². The van der Waals surface area contributed by atoms with E-state index in [2.05, 4.69) is 5.32 Å². The molecule has 0 fully saturated rings. The Kier molecular flexibility index (Phi) is 5.26. The normalized spacial score (nSPS) is 12.8. The molecule has 3 N–H and O–H groups in total. The van der Waals surface area contributed by atoms with Gasteiger partial charge in [0.1, 0.15) is 5.69 Å². The number of carboxylic acids is 1. The number of aliphatic hydroxyl groups excluding tert-OH is 1. The number of nitro groups is 1. The standard InChI is InChI=1S/C14H20N2O5/c1-14(2,3)12(6-7-17)15-10-5-4-9(13(18)19)8-11(10)16(20)21/h4-5,8,12,15,17H,6-7H2,1-3H3,(H,18,19). The molecule has 7 nitrogen and oxygen atoms in total. The van der Waals surface area contributed by atoms with Crippen LogP contribution in [0, 0.1) is 15.5 Å². The molecule has 116 valence electrons. The number of benzene rings is 1. The summed E-state index contributed by atoms with van der Waals surface area (Å²) >= 11 is 0. The highest BCUT2D eigenvalue weighted by Gasteiger charge is 2.27. The molecule has 0 bridgehead atoms. The number of aromatic carboxylic acids is 1. The van der Waals surface area contributed by atoms with Gasteiger partial charge in [-0.1, -0.05) is 20.8 Å². The van der Waals surface area contributed by atoms with Crippen LogP contribution in [0.2, 0.25) is 0 Å². The van der Waals surface area contributed by atoms with Gasteiger partial charge in [-0.15, -0.1) is 0 Å². The Bertz CT molecular complexity index is 537. The van der Waals surface area contributed by atoms with Crippen molar-refractivity contribution in [2.75, 3.05) is 11.9 Å². The summed E-state index contributed by atoms with van der Waals surface area (Å²) in [5, 5.41) is 32.2. The molecule has 1 atom stereocenters. The second kappa shape index (κ2) is 6.53. The van der Waals surface area contributed by atoms with Crippen molar-refractivity contribution >= 4 is 17.3 Å². The summed E-state index contributed by atoms with van der Waals surface area (Å²) < 4.78 is 0. The van der Waals surface area contributed by atoms with Gasteiger partial charge in [0.05, 0.1) is 10.5 Å². The molecule has 0 heterocycles. The van der Waals surface area contributed by atoms with Crippen LogP contribution < -0.4 is 5.32 Å². The summed E-state index contributed by atoms with van der Waals surface area (Å²) in [7, 11) is 0. The van der Waals surface area contributed by atoms with Gasteiger partial charge in [-0.25, -0.2) is 4.79 Å². The first-order chi connectivity index (χ1) is 9.66. The summed E-state index contributed by atoms with van der Waals surface area (Å²) in [6.45, 7) is 5.82. The number of nitrogens with one attached hydrogen (secondary N) is 1. The van der Waals surface area contributed by atoms with Gasteiger partial charge in [-0.2, -0.15) is 0 Å². The minimum Gasteiger partial charge on any atom is -0.478 e. The van der Waals surface area contributed by atoms with Gasteiger partial charge in [0.25, 0.3) is 5.69 Å². The summed E-state index contributed by atoms with van der Waals surface area (Å²) in [4.78, 5) is 21.4. The van der Waals surface area contributed by atoms with Crippen molar-refractivity contribution in [2.45, 2.75) is 33.2 Å². The molecule has 0 radical (unpaired) electrons. The van der Waals surface area contributed by atoms with Gasteiger partial charge in [-0.3, -0.25) is 10.1 Å². The summed E-state index contributed by atoms with van der Waals surface area (Å²) in [6.07, 6.45) is 0.432. The number of rotatable bonds is 6. The van der Waals surface area contributed by atoms with Crippen LogP contribution >= 0.6 is 0 Å². The van der Waals surface area contributed by atoms with Crippen molar-refractivity contribution in [3.8, 4) is 0 Å². The fourth-order valence-electron chi connectivity index (χ4n) is 1.98. The molecule has 0 aromatic heterocycles. The van der Waals surface area contributed by atoms with E-state index < -0.39 is 10.9 Å². The number of hydrogen-bond acceptors (Lipinski definition) is 5. The van der Waals surface area contributed by atoms with Crippen LogP contribution in [0.5, 0.6) is 0 Å². The molecule has 1 aromatic carbocycles. The fourth-order valence-corrected chi connectivity index (χ4v) is 1.98. The topological polar surface area (TPSA) is 113 Å². The van der Waals surface area contributed by atoms with E-state index >= 15 is 0 Å². The van der Waals surface area contributed by atoms with Gasteiger partial charge >= 0.3 is 5.97 Å². The molecule has 0 spiro atoms. The Morgan fingerprint density at radius 1 is 1.43 bits per heavy atom. The minimum absolute atomic E-state index is 0.0457. The number of anilines is 1. The van der Waals surface area contributed by atoms with E-state index in [1.54, 1.807) is 0 Å². The Balaban J connectivity index is 3.17. The third-order valence-electron chi connectivity index (χ3n) is 3.23. The van der Waals surface area contributed by atoms with E-state index in [4.69, 9.17) is 10.2 Å². The lowest BCUT2D eigenvalue weighted by atomic mass is 9.84. The molecular formula is C14H20N2O5. The Hall–Kier alpha value is -2.15. The number of nitro benzene ring substituents is 1. The van der Waals surface area contributed by atoms with Crippen molar-refractivity contribution in [1.82, 2.24) is 0 Å². The second-order valence-electron chi connectivity index (χ2n) is 5.87. The zero-order valence-corrected chi connectivity index (χ0v) is 12.3. The molecule has 1 unspecified atom stereocenters. The average molecular weight is 296 g/mol. The largest absolute Gasteiger partial charge is 0.478 e. The van der Waals surface area contributed by atoms with E-state index in [1.807, 2.05) is 20.8 Å². The van der Waals surface area contributed by atoms with Gasteiger partial charge in [0.15, 0.2) is 0 Å². The summed E-state index contributed by atoms with van der Waals surface area (Å²) in [5.41, 5.74) is -0.399. The molecule has 7 heteroatoms. The lowest BCUT2D eigenvalue weighted by molar-refractivity contribution is -0.384. The van der Waals surface area contributed by atoms with Gasteiger partial charge < -0.3 is 15.5 Å². The minimum atomic E-state index is -1.22. The molecule has 1 aromatic rings. The third kappa shape index (κ3) is 4.42.